The third kappa shape index (κ3) is 5.37. The van der Waals surface area contributed by atoms with E-state index >= 15 is 0 Å². The minimum absolute atomic E-state index is 0.501. The van der Waals surface area contributed by atoms with Crippen molar-refractivity contribution in [2.45, 2.75) is 11.8 Å². The summed E-state index contributed by atoms with van der Waals surface area (Å²) in [6, 6.07) is 93.8. The van der Waals surface area contributed by atoms with E-state index in [0.29, 0.717) is 0 Å². The van der Waals surface area contributed by atoms with Gasteiger partial charge < -0.3 is 9.32 Å². The number of rotatable bonds is 5. The van der Waals surface area contributed by atoms with E-state index in [2.05, 4.69) is 266 Å². The second-order valence-electron chi connectivity index (χ2n) is 21.0. The van der Waals surface area contributed by atoms with Crippen LogP contribution in [0.25, 0.3) is 82.1 Å². The Kier molecular flexibility index (Phi) is 8.32. The van der Waals surface area contributed by atoms with E-state index in [1.165, 1.54) is 98.1 Å². The predicted molar refractivity (Wildman–Crippen MR) is 315 cm³/mol. The van der Waals surface area contributed by atoms with Gasteiger partial charge in [-0.15, -0.1) is 0 Å². The van der Waals surface area contributed by atoms with Crippen LogP contribution in [-0.4, -0.2) is 8.07 Å². The third-order valence-corrected chi connectivity index (χ3v) is 22.6. The Labute approximate surface area is 435 Å². The van der Waals surface area contributed by atoms with Crippen LogP contribution in [0.5, 0.6) is 0 Å². The first-order valence-corrected chi connectivity index (χ1v) is 28.3. The van der Waals surface area contributed by atoms with Crippen molar-refractivity contribution in [3.8, 4) is 22.3 Å². The molecule has 0 bridgehead atoms. The van der Waals surface area contributed by atoms with Crippen molar-refractivity contribution in [2.75, 3.05) is 4.90 Å². The standard InChI is InChI=1S/C72H45NOSi/c1-2-17-49(18-3-1)72(62-25-10-6-20-55(62)56-21-7-11-26-63(56)72)50-35-34-46-43-66-61(42-48(46)40-50)71-64(27-15-28-65(71)74-66)73(51-36-38-54-47(41-51)33-32-45-16-4-5-19-53(45)54)52-37-39-60-58-23-9-13-30-68(58)75(70(60)44-52)67-29-12-8-22-57(67)59-24-14-31-69(59)75/h1-30,32-44H,31H2. The summed E-state index contributed by atoms with van der Waals surface area (Å²) in [6.07, 6.45) is 5.78. The molecule has 348 valence electrons. The van der Waals surface area contributed by atoms with Crippen molar-refractivity contribution in [3.05, 3.63) is 294 Å². The molecule has 13 aromatic rings. The lowest BCUT2D eigenvalue weighted by Gasteiger charge is -2.34. The first-order chi connectivity index (χ1) is 37.2. The minimum atomic E-state index is -2.65. The zero-order valence-electron chi connectivity index (χ0n) is 40.9. The maximum Gasteiger partial charge on any atom is 0.178 e. The van der Waals surface area contributed by atoms with Gasteiger partial charge in [-0.3, -0.25) is 0 Å². The SMILES string of the molecule is C1=CC2=C(C1)[Si]1(c3ccccc32)c2ccccc2-c2ccc(N(c3ccc4c(ccc5ccccc54)c3)c3cccc4oc5cc6ccc(C7(c8ccccc8)c8ccccc8-c8ccccc87)cc6cc5c34)cc21. The topological polar surface area (TPSA) is 16.4 Å². The average Bonchev–Trinajstić information content (AvgIpc) is 4.29. The molecule has 17 rings (SSSR count). The van der Waals surface area contributed by atoms with Crippen LogP contribution in [0.15, 0.2) is 270 Å². The molecular weight excluding hydrogens is 923 g/mol. The normalized spacial score (nSPS) is 16.3. The van der Waals surface area contributed by atoms with Gasteiger partial charge in [0.2, 0.25) is 0 Å². The van der Waals surface area contributed by atoms with Crippen LogP contribution >= 0.6 is 0 Å². The molecule has 0 radical (unpaired) electrons. The van der Waals surface area contributed by atoms with E-state index in [-0.39, 0.29) is 0 Å². The first-order valence-electron chi connectivity index (χ1n) is 26.3. The molecule has 4 aliphatic rings. The number of anilines is 3. The molecule has 0 fully saturated rings. The molecule has 75 heavy (non-hydrogen) atoms. The fourth-order valence-electron chi connectivity index (χ4n) is 14.6. The van der Waals surface area contributed by atoms with E-state index in [0.717, 1.165) is 50.8 Å². The fourth-order valence-corrected chi connectivity index (χ4v) is 20.4. The first kappa shape index (κ1) is 41.2. The second kappa shape index (κ2) is 15.1. The van der Waals surface area contributed by atoms with E-state index < -0.39 is 13.5 Å². The molecule has 1 aromatic heterocycles. The van der Waals surface area contributed by atoms with Gasteiger partial charge in [0.05, 0.1) is 16.5 Å². The zero-order valence-corrected chi connectivity index (χ0v) is 41.9. The van der Waals surface area contributed by atoms with Crippen molar-refractivity contribution >= 4 is 101 Å². The van der Waals surface area contributed by atoms with Gasteiger partial charge in [0.15, 0.2) is 8.07 Å². The summed E-state index contributed by atoms with van der Waals surface area (Å²) in [6.45, 7) is 0. The molecule has 12 aromatic carbocycles. The van der Waals surface area contributed by atoms with E-state index in [4.69, 9.17) is 4.42 Å². The van der Waals surface area contributed by atoms with E-state index in [9.17, 15) is 0 Å². The van der Waals surface area contributed by atoms with Crippen LogP contribution in [0.3, 0.4) is 0 Å². The number of hydrogen-bond donors (Lipinski definition) is 0. The summed E-state index contributed by atoms with van der Waals surface area (Å²) in [4.78, 5) is 2.53. The van der Waals surface area contributed by atoms with Crippen molar-refractivity contribution in [3.63, 3.8) is 0 Å². The van der Waals surface area contributed by atoms with Crippen LogP contribution in [0, 0.1) is 0 Å². The number of allylic oxidation sites excluding steroid dienone is 4. The van der Waals surface area contributed by atoms with Gasteiger partial charge in [-0.2, -0.15) is 0 Å². The van der Waals surface area contributed by atoms with Crippen molar-refractivity contribution in [1.29, 1.82) is 0 Å². The quantitative estimate of drug-likeness (QED) is 0.126. The molecule has 2 nitrogen and oxygen atoms in total. The highest BCUT2D eigenvalue weighted by molar-refractivity contribution is 7.20. The minimum Gasteiger partial charge on any atom is -0.456 e. The van der Waals surface area contributed by atoms with Gasteiger partial charge in [0, 0.05) is 16.8 Å². The van der Waals surface area contributed by atoms with E-state index in [1.54, 1.807) is 5.20 Å². The Bertz CT molecular complexity index is 4660. The molecule has 1 unspecified atom stereocenters. The highest BCUT2D eigenvalue weighted by Crippen LogP contribution is 2.57. The van der Waals surface area contributed by atoms with Gasteiger partial charge in [-0.1, -0.05) is 211 Å². The molecule has 3 heteroatoms. The van der Waals surface area contributed by atoms with Crippen molar-refractivity contribution in [1.82, 2.24) is 0 Å². The number of furan rings is 1. The third-order valence-electron chi connectivity index (χ3n) is 17.5. The van der Waals surface area contributed by atoms with Gasteiger partial charge in [0.25, 0.3) is 0 Å². The van der Waals surface area contributed by atoms with Crippen LogP contribution in [0.2, 0.25) is 0 Å². The monoisotopic (exact) mass is 967 g/mol. The molecular formula is C72H45NOSi. The highest BCUT2D eigenvalue weighted by Gasteiger charge is 2.55. The highest BCUT2D eigenvalue weighted by atomic mass is 28.3. The molecule has 3 heterocycles. The Balaban J connectivity index is 0.919. The summed E-state index contributed by atoms with van der Waals surface area (Å²) in [5, 5.41) is 15.6. The lowest BCUT2D eigenvalue weighted by atomic mass is 9.67. The Hall–Kier alpha value is -9.28. The number of nitrogens with zero attached hydrogens (tertiary/aromatic N) is 1. The molecule has 1 atom stereocenters. The van der Waals surface area contributed by atoms with Crippen molar-refractivity contribution < 1.29 is 4.42 Å². The summed E-state index contributed by atoms with van der Waals surface area (Å²) in [5.74, 6) is 0. The smallest absolute Gasteiger partial charge is 0.178 e. The summed E-state index contributed by atoms with van der Waals surface area (Å²) >= 11 is 0. The maximum absolute atomic E-state index is 7.00. The van der Waals surface area contributed by atoms with E-state index in [1.807, 2.05) is 0 Å². The fraction of sp³-hybridized carbons (Fsp3) is 0.0278. The van der Waals surface area contributed by atoms with Crippen LogP contribution < -0.4 is 20.5 Å². The molecule has 0 saturated heterocycles. The van der Waals surface area contributed by atoms with Gasteiger partial charge in [-0.25, -0.2) is 0 Å². The zero-order chi connectivity index (χ0) is 49.0. The predicted octanol–water partition coefficient (Wildman–Crippen LogP) is 16.6. The Morgan fingerprint density at radius 3 is 1.88 bits per heavy atom. The lowest BCUT2D eigenvalue weighted by Crippen LogP contribution is -2.65. The largest absolute Gasteiger partial charge is 0.456 e. The molecule has 0 N–H and O–H groups in total. The molecule has 2 aliphatic heterocycles. The second-order valence-corrected chi connectivity index (χ2v) is 24.7. The van der Waals surface area contributed by atoms with Gasteiger partial charge in [-0.05, 0) is 165 Å². The molecule has 1 spiro atoms. The number of fused-ring (bicyclic) bond motifs is 19. The summed E-state index contributed by atoms with van der Waals surface area (Å²) < 4.78 is 7.00. The summed E-state index contributed by atoms with van der Waals surface area (Å²) in [7, 11) is -2.65. The Morgan fingerprint density at radius 1 is 0.387 bits per heavy atom. The molecule has 2 aliphatic carbocycles. The van der Waals surface area contributed by atoms with Crippen molar-refractivity contribution in [2.24, 2.45) is 0 Å². The Morgan fingerprint density at radius 2 is 1.04 bits per heavy atom. The maximum atomic E-state index is 7.00. The average molecular weight is 968 g/mol. The van der Waals surface area contributed by atoms with Gasteiger partial charge in [0.1, 0.15) is 11.2 Å². The van der Waals surface area contributed by atoms with Crippen LogP contribution in [0.1, 0.15) is 34.2 Å². The molecule has 0 saturated carbocycles. The van der Waals surface area contributed by atoms with Crippen LogP contribution in [0.4, 0.5) is 17.1 Å². The number of benzene rings is 12. The van der Waals surface area contributed by atoms with Crippen LogP contribution in [-0.2, 0) is 5.41 Å². The summed E-state index contributed by atoms with van der Waals surface area (Å²) in [5.41, 5.74) is 17.9. The molecule has 0 amide bonds. The van der Waals surface area contributed by atoms with Gasteiger partial charge >= 0.3 is 0 Å². The lowest BCUT2D eigenvalue weighted by molar-refractivity contribution is 0.669. The number of hydrogen-bond acceptors (Lipinski definition) is 2.